The Balaban J connectivity index is 2.15. The zero-order valence-corrected chi connectivity index (χ0v) is 9.32. The number of halogens is 1. The molecule has 1 fully saturated rings. The van der Waals surface area contributed by atoms with Crippen molar-refractivity contribution in [3.63, 3.8) is 0 Å². The highest BCUT2D eigenvalue weighted by Crippen LogP contribution is 2.22. The molecule has 1 N–H and O–H groups in total. The maximum Gasteiger partial charge on any atom is 0.132 e. The van der Waals surface area contributed by atoms with Crippen molar-refractivity contribution in [1.29, 1.82) is 0 Å². The van der Waals surface area contributed by atoms with E-state index in [2.05, 4.69) is 9.88 Å². The number of aromatic nitrogens is 1. The molecular formula is C11H15ClN2O. The van der Waals surface area contributed by atoms with E-state index < -0.39 is 0 Å². The standard InChI is InChI=1S/C11H15ClN2O/c12-8-9-2-1-5-13-11(9)14-6-3-10(15)4-7-14/h1-2,5,10,15H,3-4,6-8H2. The van der Waals surface area contributed by atoms with Gasteiger partial charge in [-0.1, -0.05) is 6.07 Å². The second kappa shape index (κ2) is 4.81. The van der Waals surface area contributed by atoms with Crippen LogP contribution in [0.3, 0.4) is 0 Å². The third-order valence-electron chi connectivity index (χ3n) is 2.78. The van der Waals surface area contributed by atoms with E-state index in [1.54, 1.807) is 6.20 Å². The summed E-state index contributed by atoms with van der Waals surface area (Å²) in [5.41, 5.74) is 1.07. The SMILES string of the molecule is OC1CCN(c2ncccc2CCl)CC1. The summed E-state index contributed by atoms with van der Waals surface area (Å²) in [5, 5.41) is 9.43. The van der Waals surface area contributed by atoms with E-state index in [9.17, 15) is 5.11 Å². The number of hydrogen-bond acceptors (Lipinski definition) is 3. The molecule has 3 nitrogen and oxygen atoms in total. The Morgan fingerprint density at radius 2 is 2.20 bits per heavy atom. The van der Waals surface area contributed by atoms with Gasteiger partial charge in [0.25, 0.3) is 0 Å². The van der Waals surface area contributed by atoms with Crippen molar-refractivity contribution in [3.8, 4) is 0 Å². The average molecular weight is 227 g/mol. The Labute approximate surface area is 94.7 Å². The predicted molar refractivity (Wildman–Crippen MR) is 61.2 cm³/mol. The molecule has 4 heteroatoms. The van der Waals surface area contributed by atoms with Gasteiger partial charge in [-0.25, -0.2) is 4.98 Å². The Hall–Kier alpha value is -0.800. The molecule has 0 bridgehead atoms. The van der Waals surface area contributed by atoms with E-state index in [0.29, 0.717) is 5.88 Å². The van der Waals surface area contributed by atoms with Crippen LogP contribution in [0.25, 0.3) is 0 Å². The highest BCUT2D eigenvalue weighted by atomic mass is 35.5. The number of aliphatic hydroxyl groups excluding tert-OH is 1. The van der Waals surface area contributed by atoms with Gasteiger partial charge in [0.15, 0.2) is 0 Å². The fraction of sp³-hybridized carbons (Fsp3) is 0.545. The molecule has 0 aliphatic carbocycles. The number of anilines is 1. The number of hydrogen-bond donors (Lipinski definition) is 1. The van der Waals surface area contributed by atoms with Crippen LogP contribution in [-0.2, 0) is 5.88 Å². The van der Waals surface area contributed by atoms with Crippen LogP contribution in [0, 0.1) is 0 Å². The first-order valence-electron chi connectivity index (χ1n) is 5.24. The molecule has 15 heavy (non-hydrogen) atoms. The van der Waals surface area contributed by atoms with Crippen LogP contribution < -0.4 is 4.90 Å². The van der Waals surface area contributed by atoms with Crippen molar-refractivity contribution in [3.05, 3.63) is 23.9 Å². The Bertz CT molecular complexity index is 324. The molecule has 2 rings (SSSR count). The van der Waals surface area contributed by atoms with Crippen LogP contribution in [0.15, 0.2) is 18.3 Å². The highest BCUT2D eigenvalue weighted by Gasteiger charge is 2.19. The second-order valence-corrected chi connectivity index (χ2v) is 4.11. The van der Waals surface area contributed by atoms with Gasteiger partial charge in [-0.2, -0.15) is 0 Å². The van der Waals surface area contributed by atoms with Gasteiger partial charge in [-0.3, -0.25) is 0 Å². The van der Waals surface area contributed by atoms with Crippen molar-refractivity contribution in [2.75, 3.05) is 18.0 Å². The Morgan fingerprint density at radius 3 is 2.87 bits per heavy atom. The molecule has 82 valence electrons. The van der Waals surface area contributed by atoms with Gasteiger partial charge in [-0.15, -0.1) is 11.6 Å². The molecule has 0 spiro atoms. The van der Waals surface area contributed by atoms with Crippen molar-refractivity contribution < 1.29 is 5.11 Å². The summed E-state index contributed by atoms with van der Waals surface area (Å²) in [6.45, 7) is 1.73. The van der Waals surface area contributed by atoms with Gasteiger partial charge in [0.1, 0.15) is 5.82 Å². The summed E-state index contributed by atoms with van der Waals surface area (Å²) in [5.74, 6) is 1.46. The zero-order chi connectivity index (χ0) is 10.7. The van der Waals surface area contributed by atoms with Crippen molar-refractivity contribution in [1.82, 2.24) is 4.98 Å². The first kappa shape index (κ1) is 10.7. The lowest BCUT2D eigenvalue weighted by atomic mass is 10.1. The van der Waals surface area contributed by atoms with Gasteiger partial charge in [0.2, 0.25) is 0 Å². The van der Waals surface area contributed by atoms with Crippen LogP contribution in [0.5, 0.6) is 0 Å². The van der Waals surface area contributed by atoms with Crippen LogP contribution >= 0.6 is 11.6 Å². The molecule has 0 amide bonds. The minimum atomic E-state index is -0.149. The van der Waals surface area contributed by atoms with E-state index in [1.807, 2.05) is 12.1 Å². The molecule has 0 radical (unpaired) electrons. The van der Waals surface area contributed by atoms with Gasteiger partial charge in [0.05, 0.1) is 12.0 Å². The smallest absolute Gasteiger partial charge is 0.132 e. The normalized spacial score (nSPS) is 18.1. The molecule has 1 aliphatic heterocycles. The first-order valence-corrected chi connectivity index (χ1v) is 5.77. The molecule has 0 unspecified atom stereocenters. The minimum Gasteiger partial charge on any atom is -0.393 e. The lowest BCUT2D eigenvalue weighted by molar-refractivity contribution is 0.145. The number of piperidine rings is 1. The summed E-state index contributed by atoms with van der Waals surface area (Å²) < 4.78 is 0. The van der Waals surface area contributed by atoms with Crippen LogP contribution in [0.4, 0.5) is 5.82 Å². The molecule has 1 aliphatic rings. The topological polar surface area (TPSA) is 36.4 Å². The van der Waals surface area contributed by atoms with Gasteiger partial charge >= 0.3 is 0 Å². The van der Waals surface area contributed by atoms with Crippen LogP contribution in [0.2, 0.25) is 0 Å². The molecule has 2 heterocycles. The summed E-state index contributed by atoms with van der Waals surface area (Å²) in [4.78, 5) is 6.56. The summed E-state index contributed by atoms with van der Waals surface area (Å²) >= 11 is 5.86. The first-order chi connectivity index (χ1) is 7.31. The summed E-state index contributed by atoms with van der Waals surface area (Å²) in [7, 11) is 0. The maximum absolute atomic E-state index is 9.43. The third-order valence-corrected chi connectivity index (χ3v) is 3.06. The maximum atomic E-state index is 9.43. The number of pyridine rings is 1. The number of aliphatic hydroxyl groups is 1. The van der Waals surface area contributed by atoms with E-state index in [1.165, 1.54) is 0 Å². The molecule has 0 aromatic carbocycles. The van der Waals surface area contributed by atoms with E-state index in [4.69, 9.17) is 11.6 Å². The fourth-order valence-electron chi connectivity index (χ4n) is 1.90. The zero-order valence-electron chi connectivity index (χ0n) is 8.56. The van der Waals surface area contributed by atoms with Crippen molar-refractivity contribution in [2.24, 2.45) is 0 Å². The minimum absolute atomic E-state index is 0.149. The number of rotatable bonds is 2. The highest BCUT2D eigenvalue weighted by molar-refractivity contribution is 6.17. The van der Waals surface area contributed by atoms with Crippen molar-refractivity contribution >= 4 is 17.4 Å². The van der Waals surface area contributed by atoms with Crippen LogP contribution in [-0.4, -0.2) is 29.3 Å². The fourth-order valence-corrected chi connectivity index (χ4v) is 2.11. The molecule has 1 aromatic rings. The van der Waals surface area contributed by atoms with E-state index >= 15 is 0 Å². The lowest BCUT2D eigenvalue weighted by Gasteiger charge is -2.31. The lowest BCUT2D eigenvalue weighted by Crippen LogP contribution is -2.36. The largest absolute Gasteiger partial charge is 0.393 e. The van der Waals surface area contributed by atoms with Gasteiger partial charge in [0, 0.05) is 24.8 Å². The summed E-state index contributed by atoms with van der Waals surface area (Å²) in [6, 6.07) is 3.90. The van der Waals surface area contributed by atoms with Gasteiger partial charge in [-0.05, 0) is 18.9 Å². The van der Waals surface area contributed by atoms with E-state index in [-0.39, 0.29) is 6.10 Å². The third kappa shape index (κ3) is 2.41. The predicted octanol–water partition coefficient (Wildman–Crippen LogP) is 1.78. The molecule has 1 saturated heterocycles. The van der Waals surface area contributed by atoms with Crippen LogP contribution in [0.1, 0.15) is 18.4 Å². The molecule has 0 saturated carbocycles. The second-order valence-electron chi connectivity index (χ2n) is 3.84. The van der Waals surface area contributed by atoms with Gasteiger partial charge < -0.3 is 10.0 Å². The summed E-state index contributed by atoms with van der Waals surface area (Å²) in [6.07, 6.45) is 3.27. The molecular weight excluding hydrogens is 212 g/mol. The molecule has 1 aromatic heterocycles. The molecule has 0 atom stereocenters. The Morgan fingerprint density at radius 1 is 1.47 bits per heavy atom. The number of alkyl halides is 1. The van der Waals surface area contributed by atoms with E-state index in [0.717, 1.165) is 37.3 Å². The number of nitrogens with zero attached hydrogens (tertiary/aromatic N) is 2. The Kier molecular flexibility index (Phi) is 3.44. The monoisotopic (exact) mass is 226 g/mol. The van der Waals surface area contributed by atoms with Crippen molar-refractivity contribution in [2.45, 2.75) is 24.8 Å². The average Bonchev–Trinajstić information content (AvgIpc) is 2.30. The quantitative estimate of drug-likeness (QED) is 0.782.